The maximum absolute atomic E-state index is 14.5. The minimum atomic E-state index is -1.98. The van der Waals surface area contributed by atoms with Crippen LogP contribution in [0.4, 0.5) is 0 Å². The second-order valence-electron chi connectivity index (χ2n) is 13.2. The van der Waals surface area contributed by atoms with Crippen molar-refractivity contribution in [2.45, 2.75) is 56.9 Å². The Hall–Kier alpha value is -4.74. The van der Waals surface area contributed by atoms with E-state index in [2.05, 4.69) is 5.32 Å². The Morgan fingerprint density at radius 2 is 1.41 bits per heavy atom. The van der Waals surface area contributed by atoms with Crippen molar-refractivity contribution in [1.82, 2.24) is 10.2 Å². The van der Waals surface area contributed by atoms with Crippen molar-refractivity contribution in [3.8, 4) is 0 Å². The van der Waals surface area contributed by atoms with Crippen molar-refractivity contribution >= 4 is 40.1 Å². The standard InChI is InChI=1S/C38H40N2O8S/c1-23(41)27(32(42)24-15-9-6-10-16-24)21-29-28(22-47-5)31(40-34(43)30(35(40)49(29)46)39-37(45)38(2,3)4)36(44)48-33(25-17-11-7-12-18-25)26-19-13-8-14-20-26/h6-20,27,29-30,33,35H,21-22H2,1-5H3,(H,39,45)/t27?,29?,30?,35-,49?/m0/s1. The number of benzene rings is 3. The third kappa shape index (κ3) is 7.33. The topological polar surface area (TPSA) is 136 Å². The van der Waals surface area contributed by atoms with E-state index in [1.807, 2.05) is 60.7 Å². The smallest absolute Gasteiger partial charge is 0.356 e. The summed E-state index contributed by atoms with van der Waals surface area (Å²) in [5.41, 5.74) is 0.801. The molecular weight excluding hydrogens is 644 g/mol. The van der Waals surface area contributed by atoms with Crippen LogP contribution in [0, 0.1) is 11.3 Å². The lowest BCUT2D eigenvalue weighted by atomic mass is 9.87. The summed E-state index contributed by atoms with van der Waals surface area (Å²) in [6, 6.07) is 25.3. The zero-order chi connectivity index (χ0) is 35.5. The molecule has 5 rings (SSSR count). The molecule has 5 atom stereocenters. The highest BCUT2D eigenvalue weighted by molar-refractivity contribution is 7.86. The van der Waals surface area contributed by atoms with Gasteiger partial charge in [0.1, 0.15) is 22.9 Å². The van der Waals surface area contributed by atoms with Crippen LogP contribution in [0.25, 0.3) is 0 Å². The van der Waals surface area contributed by atoms with Gasteiger partial charge in [0.25, 0.3) is 5.91 Å². The summed E-state index contributed by atoms with van der Waals surface area (Å²) in [6.07, 6.45) is -1.09. The lowest BCUT2D eigenvalue weighted by Crippen LogP contribution is -2.75. The van der Waals surface area contributed by atoms with Gasteiger partial charge in [0.2, 0.25) is 5.91 Å². The highest BCUT2D eigenvalue weighted by Gasteiger charge is 2.60. The Morgan fingerprint density at radius 1 is 0.878 bits per heavy atom. The Morgan fingerprint density at radius 3 is 1.90 bits per heavy atom. The van der Waals surface area contributed by atoms with Crippen LogP contribution in [0.5, 0.6) is 0 Å². The molecule has 2 aliphatic heterocycles. The van der Waals surface area contributed by atoms with Gasteiger partial charge in [-0.2, -0.15) is 0 Å². The lowest BCUT2D eigenvalue weighted by molar-refractivity contribution is -0.155. The molecule has 11 heteroatoms. The van der Waals surface area contributed by atoms with E-state index in [1.54, 1.807) is 51.1 Å². The summed E-state index contributed by atoms with van der Waals surface area (Å²) < 4.78 is 26.2. The van der Waals surface area contributed by atoms with Crippen molar-refractivity contribution < 1.29 is 37.7 Å². The molecule has 2 aliphatic rings. The van der Waals surface area contributed by atoms with Crippen molar-refractivity contribution in [1.29, 1.82) is 0 Å². The van der Waals surface area contributed by atoms with Crippen LogP contribution < -0.4 is 5.32 Å². The van der Waals surface area contributed by atoms with Gasteiger partial charge in [-0.05, 0) is 24.5 Å². The van der Waals surface area contributed by atoms with E-state index in [0.29, 0.717) is 16.7 Å². The molecule has 0 saturated carbocycles. The van der Waals surface area contributed by atoms with Crippen molar-refractivity contribution in [3.05, 3.63) is 119 Å². The van der Waals surface area contributed by atoms with Crippen LogP contribution in [0.1, 0.15) is 61.7 Å². The molecule has 1 fully saturated rings. The van der Waals surface area contributed by atoms with Crippen molar-refractivity contribution in [2.75, 3.05) is 13.7 Å². The summed E-state index contributed by atoms with van der Waals surface area (Å²) in [5.74, 6) is -4.04. The first-order valence-corrected chi connectivity index (χ1v) is 17.3. The molecular formula is C38H40N2O8S. The number of methoxy groups -OCH3 is 1. The maximum Gasteiger partial charge on any atom is 0.356 e. The average molecular weight is 685 g/mol. The number of rotatable bonds is 12. The molecule has 0 aromatic heterocycles. The predicted octanol–water partition coefficient (Wildman–Crippen LogP) is 4.53. The second kappa shape index (κ2) is 14.8. The highest BCUT2D eigenvalue weighted by Crippen LogP contribution is 2.42. The SMILES string of the molecule is COCC1=C(C(=O)OC(c2ccccc2)c2ccccc2)N2C(=O)C(NC(=O)C(C)(C)C)[C@@H]2S(=O)C1CC(C(C)=O)C(=O)c1ccccc1. The number of carbonyl (C=O) groups is 5. The Bertz CT molecular complexity index is 1750. The van der Waals surface area contributed by atoms with Gasteiger partial charge in [-0.15, -0.1) is 0 Å². The van der Waals surface area contributed by atoms with E-state index < -0.39 is 74.3 Å². The molecule has 2 heterocycles. The maximum atomic E-state index is 14.5. The first-order chi connectivity index (χ1) is 23.3. The molecule has 2 amide bonds. The van der Waals surface area contributed by atoms with Crippen molar-refractivity contribution in [3.63, 3.8) is 0 Å². The van der Waals surface area contributed by atoms with E-state index in [1.165, 1.54) is 14.0 Å². The number of amides is 2. The predicted molar refractivity (Wildman–Crippen MR) is 183 cm³/mol. The highest BCUT2D eigenvalue weighted by atomic mass is 32.2. The lowest BCUT2D eigenvalue weighted by Gasteiger charge is -2.52. The van der Waals surface area contributed by atoms with Gasteiger partial charge in [0, 0.05) is 23.7 Å². The number of Topliss-reactive ketones (excluding diaryl/α,β-unsaturated/α-hetero) is 2. The molecule has 0 bridgehead atoms. The van der Waals surface area contributed by atoms with Crippen LogP contribution in [0.3, 0.4) is 0 Å². The van der Waals surface area contributed by atoms with Gasteiger partial charge < -0.3 is 14.8 Å². The zero-order valence-corrected chi connectivity index (χ0v) is 28.9. The molecule has 256 valence electrons. The largest absolute Gasteiger partial charge is 0.448 e. The third-order valence-electron chi connectivity index (χ3n) is 8.70. The first kappa shape index (κ1) is 35.6. The van der Waals surface area contributed by atoms with E-state index in [0.717, 1.165) is 4.90 Å². The number of nitrogens with zero attached hydrogens (tertiary/aromatic N) is 1. The Balaban J connectivity index is 1.61. The molecule has 10 nitrogen and oxygen atoms in total. The molecule has 49 heavy (non-hydrogen) atoms. The van der Waals surface area contributed by atoms with E-state index in [4.69, 9.17) is 9.47 Å². The van der Waals surface area contributed by atoms with Gasteiger partial charge >= 0.3 is 5.97 Å². The number of esters is 1. The zero-order valence-electron chi connectivity index (χ0n) is 28.1. The van der Waals surface area contributed by atoms with Crippen LogP contribution in [-0.2, 0) is 39.5 Å². The fourth-order valence-electron chi connectivity index (χ4n) is 6.05. The molecule has 4 unspecified atom stereocenters. The fourth-order valence-corrected chi connectivity index (χ4v) is 8.10. The van der Waals surface area contributed by atoms with E-state index in [-0.39, 0.29) is 24.3 Å². The first-order valence-electron chi connectivity index (χ1n) is 16.0. The van der Waals surface area contributed by atoms with Crippen LogP contribution in [-0.4, -0.2) is 68.8 Å². The number of hydrogen-bond donors (Lipinski definition) is 1. The van der Waals surface area contributed by atoms with Gasteiger partial charge in [-0.1, -0.05) is 112 Å². The minimum Gasteiger partial charge on any atom is -0.448 e. The number of β-lactam (4-membered cyclic amide) rings is 1. The van der Waals surface area contributed by atoms with Crippen molar-refractivity contribution in [2.24, 2.45) is 11.3 Å². The van der Waals surface area contributed by atoms with Crippen LogP contribution in [0.15, 0.2) is 102 Å². The summed E-state index contributed by atoms with van der Waals surface area (Å²) in [7, 11) is -0.594. The quantitative estimate of drug-likeness (QED) is 0.127. The number of nitrogens with one attached hydrogen (secondary N) is 1. The Kier molecular flexibility index (Phi) is 10.7. The van der Waals surface area contributed by atoms with Gasteiger partial charge in [-0.25, -0.2) is 4.79 Å². The number of fused-ring (bicyclic) bond motifs is 1. The minimum absolute atomic E-state index is 0.169. The van der Waals surface area contributed by atoms with E-state index in [9.17, 15) is 28.2 Å². The summed E-state index contributed by atoms with van der Waals surface area (Å²) in [4.78, 5) is 69.1. The second-order valence-corrected chi connectivity index (χ2v) is 14.9. The third-order valence-corrected chi connectivity index (χ3v) is 10.7. The summed E-state index contributed by atoms with van der Waals surface area (Å²) in [5, 5.41) is 0.492. The molecule has 0 radical (unpaired) electrons. The molecule has 0 aliphatic carbocycles. The molecule has 1 saturated heterocycles. The number of ketones is 2. The summed E-state index contributed by atoms with van der Waals surface area (Å²) >= 11 is 0. The summed E-state index contributed by atoms with van der Waals surface area (Å²) in [6.45, 7) is 6.11. The van der Waals surface area contributed by atoms with Gasteiger partial charge in [-0.3, -0.25) is 28.3 Å². The average Bonchev–Trinajstić information content (AvgIpc) is 3.09. The van der Waals surface area contributed by atoms with E-state index >= 15 is 0 Å². The number of carbonyl (C=O) groups excluding carboxylic acids is 5. The van der Waals surface area contributed by atoms with Gasteiger partial charge in [0.15, 0.2) is 11.9 Å². The fraction of sp³-hybridized carbons (Fsp3) is 0.342. The molecule has 3 aromatic rings. The van der Waals surface area contributed by atoms with Crippen LogP contribution >= 0.6 is 0 Å². The molecule has 1 N–H and O–H groups in total. The van der Waals surface area contributed by atoms with Crippen LogP contribution in [0.2, 0.25) is 0 Å². The van der Waals surface area contributed by atoms with Gasteiger partial charge in [0.05, 0.1) is 28.6 Å². The number of ether oxygens (including phenoxy) is 2. The normalized spacial score (nSPS) is 21.0. The monoisotopic (exact) mass is 684 g/mol. The molecule has 3 aromatic carbocycles. The Labute approximate surface area is 288 Å². The molecule has 0 spiro atoms. The number of hydrogen-bond acceptors (Lipinski definition) is 8.